The van der Waals surface area contributed by atoms with Gasteiger partial charge in [0.1, 0.15) is 5.82 Å². The van der Waals surface area contributed by atoms with Crippen LogP contribution < -0.4 is 4.90 Å². The van der Waals surface area contributed by atoms with E-state index in [2.05, 4.69) is 20.9 Å². The molecule has 0 spiro atoms. The largest absolute Gasteiger partial charge is 0.503 e. The lowest BCUT2D eigenvalue weighted by atomic mass is 9.95. The van der Waals surface area contributed by atoms with E-state index in [4.69, 9.17) is 4.42 Å². The molecule has 3 heterocycles. The topological polar surface area (TPSA) is 83.6 Å². The number of thiazole rings is 1. The molecule has 1 N–H and O–H groups in total. The van der Waals surface area contributed by atoms with Gasteiger partial charge in [0.05, 0.1) is 28.1 Å². The van der Waals surface area contributed by atoms with Crippen LogP contribution in [0.5, 0.6) is 0 Å². The number of amides is 1. The van der Waals surface area contributed by atoms with Crippen molar-refractivity contribution in [3.05, 3.63) is 93.8 Å². The van der Waals surface area contributed by atoms with E-state index in [1.54, 1.807) is 24.3 Å². The van der Waals surface area contributed by atoms with E-state index in [0.29, 0.717) is 15.8 Å². The number of Topliss-reactive ketones (excluding diaryl/α,β-unsaturated/α-hetero) is 1. The molecule has 1 amide bonds. The van der Waals surface area contributed by atoms with Crippen LogP contribution in [0.15, 0.2) is 81.1 Å². The summed E-state index contributed by atoms with van der Waals surface area (Å²) in [6, 6.07) is 13.3. The fourth-order valence-corrected chi connectivity index (χ4v) is 4.99. The third-order valence-electron chi connectivity index (χ3n) is 4.91. The second kappa shape index (κ2) is 7.44. The second-order valence-electron chi connectivity index (χ2n) is 6.81. The average molecular weight is 499 g/mol. The van der Waals surface area contributed by atoms with Crippen molar-refractivity contribution in [3.8, 4) is 0 Å². The first-order valence-corrected chi connectivity index (χ1v) is 10.7. The number of carbonyl (C=O) groups excluding carboxylic acids is 2. The van der Waals surface area contributed by atoms with Crippen LogP contribution in [0.4, 0.5) is 9.52 Å². The highest BCUT2D eigenvalue weighted by atomic mass is 79.9. The van der Waals surface area contributed by atoms with Crippen LogP contribution in [0.2, 0.25) is 0 Å². The Morgan fingerprint density at radius 2 is 2.03 bits per heavy atom. The van der Waals surface area contributed by atoms with Crippen molar-refractivity contribution in [2.24, 2.45) is 0 Å². The van der Waals surface area contributed by atoms with Crippen LogP contribution in [0.3, 0.4) is 0 Å². The standard InChI is InChI=1S/C22H12BrFN2O4S/c23-12-4-1-3-11(9-12)18-17(19(27)15-5-2-8-30-15)20(28)21(29)26(18)22-25-14-7-6-13(24)10-16(14)31-22/h1-10,18,28H/t18-/m0/s1. The molecule has 6 nitrogen and oxygen atoms in total. The van der Waals surface area contributed by atoms with Gasteiger partial charge in [0.25, 0.3) is 5.91 Å². The van der Waals surface area contributed by atoms with E-state index in [9.17, 15) is 19.1 Å². The van der Waals surface area contributed by atoms with Crippen molar-refractivity contribution in [1.82, 2.24) is 4.98 Å². The fourth-order valence-electron chi connectivity index (χ4n) is 3.56. The van der Waals surface area contributed by atoms with E-state index < -0.39 is 29.3 Å². The molecule has 4 aromatic rings. The van der Waals surface area contributed by atoms with E-state index in [1.807, 2.05) is 6.07 Å². The summed E-state index contributed by atoms with van der Waals surface area (Å²) >= 11 is 4.51. The van der Waals surface area contributed by atoms with Crippen molar-refractivity contribution < 1.29 is 23.5 Å². The van der Waals surface area contributed by atoms with Crippen LogP contribution in [0.1, 0.15) is 22.2 Å². The van der Waals surface area contributed by atoms with Gasteiger partial charge in [-0.2, -0.15) is 0 Å². The lowest BCUT2D eigenvalue weighted by Crippen LogP contribution is -2.30. The molecule has 0 radical (unpaired) electrons. The number of nitrogens with zero attached hydrogens (tertiary/aromatic N) is 2. The average Bonchev–Trinajstić information content (AvgIpc) is 3.46. The van der Waals surface area contributed by atoms with E-state index in [0.717, 1.165) is 15.8 Å². The maximum atomic E-state index is 13.7. The summed E-state index contributed by atoms with van der Waals surface area (Å²) in [5.41, 5.74) is 0.989. The van der Waals surface area contributed by atoms with Gasteiger partial charge < -0.3 is 9.52 Å². The minimum atomic E-state index is -0.937. The zero-order valence-corrected chi connectivity index (χ0v) is 18.0. The molecule has 2 aromatic carbocycles. The van der Waals surface area contributed by atoms with Gasteiger partial charge in [0.15, 0.2) is 16.7 Å². The first-order chi connectivity index (χ1) is 14.9. The van der Waals surface area contributed by atoms with Gasteiger partial charge in [-0.15, -0.1) is 0 Å². The number of furan rings is 1. The summed E-state index contributed by atoms with van der Waals surface area (Å²) in [6.07, 6.45) is 1.34. The maximum absolute atomic E-state index is 13.7. The zero-order valence-electron chi connectivity index (χ0n) is 15.6. The zero-order chi connectivity index (χ0) is 21.7. The molecule has 0 fully saturated rings. The molecule has 0 unspecified atom stereocenters. The maximum Gasteiger partial charge on any atom is 0.296 e. The fraction of sp³-hybridized carbons (Fsp3) is 0.0455. The summed E-state index contributed by atoms with van der Waals surface area (Å²) < 4.78 is 20.2. The molecule has 0 saturated heterocycles. The molecule has 0 saturated carbocycles. The Bertz CT molecular complexity index is 1380. The highest BCUT2D eigenvalue weighted by molar-refractivity contribution is 9.10. The predicted molar refractivity (Wildman–Crippen MR) is 117 cm³/mol. The van der Waals surface area contributed by atoms with E-state index >= 15 is 0 Å². The summed E-state index contributed by atoms with van der Waals surface area (Å²) in [5, 5.41) is 10.9. The number of aromatic nitrogens is 1. The minimum Gasteiger partial charge on any atom is -0.503 e. The normalized spacial score (nSPS) is 16.5. The number of rotatable bonds is 4. The number of anilines is 1. The monoisotopic (exact) mass is 498 g/mol. The van der Waals surface area contributed by atoms with Crippen LogP contribution in [-0.2, 0) is 4.79 Å². The van der Waals surface area contributed by atoms with Crippen LogP contribution in [0, 0.1) is 5.82 Å². The van der Waals surface area contributed by atoms with Crippen molar-refractivity contribution in [3.63, 3.8) is 0 Å². The minimum absolute atomic E-state index is 0.00238. The highest BCUT2D eigenvalue weighted by Crippen LogP contribution is 2.44. The third-order valence-corrected chi connectivity index (χ3v) is 6.42. The number of aliphatic hydroxyl groups excluding tert-OH is 1. The Labute approximate surface area is 187 Å². The third kappa shape index (κ3) is 3.26. The van der Waals surface area contributed by atoms with Crippen molar-refractivity contribution in [1.29, 1.82) is 0 Å². The molecule has 1 aliphatic heterocycles. The van der Waals surface area contributed by atoms with Gasteiger partial charge in [0.2, 0.25) is 5.78 Å². The lowest BCUT2D eigenvalue weighted by Gasteiger charge is -2.24. The molecule has 1 atom stereocenters. The Morgan fingerprint density at radius 1 is 1.19 bits per heavy atom. The second-order valence-corrected chi connectivity index (χ2v) is 8.73. The Kier molecular flexibility index (Phi) is 4.71. The van der Waals surface area contributed by atoms with Crippen LogP contribution in [-0.4, -0.2) is 21.8 Å². The van der Waals surface area contributed by atoms with E-state index in [-0.39, 0.29) is 16.5 Å². The first-order valence-electron chi connectivity index (χ1n) is 9.10. The van der Waals surface area contributed by atoms with Gasteiger partial charge in [-0.25, -0.2) is 9.37 Å². The Hall–Kier alpha value is -3.30. The summed E-state index contributed by atoms with van der Waals surface area (Å²) in [6.45, 7) is 0. The lowest BCUT2D eigenvalue weighted by molar-refractivity contribution is -0.117. The van der Waals surface area contributed by atoms with Gasteiger partial charge in [0, 0.05) is 4.47 Å². The number of aliphatic hydroxyl groups is 1. The summed E-state index contributed by atoms with van der Waals surface area (Å²) in [5.74, 6) is -2.46. The smallest absolute Gasteiger partial charge is 0.296 e. The number of ketones is 1. The molecule has 2 aromatic heterocycles. The predicted octanol–water partition coefficient (Wildman–Crippen LogP) is 5.57. The van der Waals surface area contributed by atoms with Gasteiger partial charge in [-0.1, -0.05) is 39.4 Å². The molecule has 31 heavy (non-hydrogen) atoms. The van der Waals surface area contributed by atoms with Gasteiger partial charge in [-0.3, -0.25) is 14.5 Å². The van der Waals surface area contributed by atoms with Crippen LogP contribution in [0.25, 0.3) is 10.2 Å². The summed E-state index contributed by atoms with van der Waals surface area (Å²) in [4.78, 5) is 32.0. The highest BCUT2D eigenvalue weighted by Gasteiger charge is 2.46. The molecule has 1 aliphatic rings. The molecule has 0 bridgehead atoms. The number of benzene rings is 2. The van der Waals surface area contributed by atoms with E-state index in [1.165, 1.54) is 35.4 Å². The quantitative estimate of drug-likeness (QED) is 0.371. The van der Waals surface area contributed by atoms with Gasteiger partial charge in [-0.05, 0) is 48.0 Å². The van der Waals surface area contributed by atoms with Crippen molar-refractivity contribution in [2.75, 3.05) is 4.90 Å². The molecule has 0 aliphatic carbocycles. The number of hydrogen-bond donors (Lipinski definition) is 1. The molecule has 9 heteroatoms. The number of fused-ring (bicyclic) bond motifs is 1. The van der Waals surface area contributed by atoms with Crippen molar-refractivity contribution >= 4 is 54.3 Å². The first kappa shape index (κ1) is 19.7. The van der Waals surface area contributed by atoms with Gasteiger partial charge >= 0.3 is 0 Å². The molecular formula is C22H12BrFN2O4S. The Morgan fingerprint density at radius 3 is 2.77 bits per heavy atom. The Balaban J connectivity index is 1.70. The summed E-state index contributed by atoms with van der Waals surface area (Å²) in [7, 11) is 0. The molecular weight excluding hydrogens is 487 g/mol. The van der Waals surface area contributed by atoms with Crippen LogP contribution >= 0.6 is 27.3 Å². The number of halogens is 2. The number of hydrogen-bond acceptors (Lipinski definition) is 6. The molecule has 154 valence electrons. The van der Waals surface area contributed by atoms with Crippen molar-refractivity contribution in [2.45, 2.75) is 6.04 Å². The number of carbonyl (C=O) groups is 2. The SMILES string of the molecule is O=C(C1=C(O)C(=O)N(c2nc3ccc(F)cc3s2)[C@H]1c1cccc(Br)c1)c1ccco1. The molecule has 5 rings (SSSR count).